The first kappa shape index (κ1) is 16.7. The van der Waals surface area contributed by atoms with Crippen molar-refractivity contribution < 1.29 is 4.79 Å². The summed E-state index contributed by atoms with van der Waals surface area (Å²) in [5.74, 6) is 0. The maximum absolute atomic E-state index is 10.9. The summed E-state index contributed by atoms with van der Waals surface area (Å²) >= 11 is 0. The number of nitrogens with two attached hydrogens (primary N) is 1. The fraction of sp³-hybridized carbons (Fsp3) is 0.0455. The van der Waals surface area contributed by atoms with Crippen molar-refractivity contribution in [3.05, 3.63) is 83.9 Å². The molecule has 0 bridgehead atoms. The Balaban J connectivity index is 1.52. The fourth-order valence-corrected chi connectivity index (χ4v) is 3.05. The van der Waals surface area contributed by atoms with E-state index >= 15 is 0 Å². The molecule has 2 N–H and O–H groups in total. The zero-order valence-electron chi connectivity index (χ0n) is 14.6. The second kappa shape index (κ2) is 7.25. The molecule has 4 rings (SSSR count). The van der Waals surface area contributed by atoms with Crippen LogP contribution in [0.15, 0.2) is 72.8 Å². The molecule has 5 nitrogen and oxygen atoms in total. The van der Waals surface area contributed by atoms with Crippen LogP contribution >= 0.6 is 0 Å². The number of allylic oxidation sites excluding steroid dienone is 1. The Hall–Kier alpha value is -3.73. The van der Waals surface area contributed by atoms with Crippen molar-refractivity contribution in [3.8, 4) is 11.1 Å². The molecule has 0 saturated heterocycles. The number of hydrogen-bond acceptors (Lipinski definition) is 4. The average molecular weight is 354 g/mol. The standard InChI is InChI=1S/C22H18N4O/c23-20-13-16(8-10-19(20)18-6-2-1-3-7-18)5-4-12-26-22-11-9-17(15-27)14-21(22)24-25-26/h1-11,13-15H,12,23H2/b5-4+. The quantitative estimate of drug-likeness (QED) is 0.430. The van der Waals surface area contributed by atoms with E-state index < -0.39 is 0 Å². The van der Waals surface area contributed by atoms with Crippen LogP contribution in [0, 0.1) is 0 Å². The van der Waals surface area contributed by atoms with Crippen LogP contribution in [0.2, 0.25) is 0 Å². The monoisotopic (exact) mass is 354 g/mol. The maximum atomic E-state index is 10.9. The number of benzene rings is 3. The van der Waals surface area contributed by atoms with E-state index in [1.54, 1.807) is 16.8 Å². The Kier molecular flexibility index (Phi) is 4.49. The van der Waals surface area contributed by atoms with Gasteiger partial charge in [0.05, 0.1) is 12.1 Å². The Morgan fingerprint density at radius 2 is 1.78 bits per heavy atom. The molecule has 0 atom stereocenters. The zero-order chi connectivity index (χ0) is 18.6. The molecule has 0 fully saturated rings. The average Bonchev–Trinajstić information content (AvgIpc) is 3.11. The number of fused-ring (bicyclic) bond motifs is 1. The number of anilines is 1. The van der Waals surface area contributed by atoms with Gasteiger partial charge in [-0.05, 0) is 35.4 Å². The molecule has 132 valence electrons. The maximum Gasteiger partial charge on any atom is 0.150 e. The molecule has 1 heterocycles. The number of carbonyl (C=O) groups excluding carboxylic acids is 1. The molecule has 0 amide bonds. The molecule has 4 aromatic rings. The topological polar surface area (TPSA) is 73.8 Å². The number of aromatic nitrogens is 3. The first-order valence-electron chi connectivity index (χ1n) is 8.64. The minimum atomic E-state index is 0.581. The zero-order valence-corrected chi connectivity index (χ0v) is 14.6. The lowest BCUT2D eigenvalue weighted by Crippen LogP contribution is -1.97. The van der Waals surface area contributed by atoms with Crippen molar-refractivity contribution in [2.75, 3.05) is 5.73 Å². The van der Waals surface area contributed by atoms with Gasteiger partial charge in [-0.15, -0.1) is 5.10 Å². The van der Waals surface area contributed by atoms with Crippen molar-refractivity contribution in [3.63, 3.8) is 0 Å². The normalized spacial score (nSPS) is 11.3. The molecule has 3 aromatic carbocycles. The van der Waals surface area contributed by atoms with Crippen LogP contribution in [-0.2, 0) is 6.54 Å². The molecule has 27 heavy (non-hydrogen) atoms. The van der Waals surface area contributed by atoms with Crippen LogP contribution in [0.5, 0.6) is 0 Å². The highest BCUT2D eigenvalue weighted by molar-refractivity contribution is 5.84. The second-order valence-electron chi connectivity index (χ2n) is 6.25. The first-order chi connectivity index (χ1) is 13.2. The number of nitrogen functional groups attached to an aromatic ring is 1. The number of aldehydes is 1. The van der Waals surface area contributed by atoms with Crippen molar-refractivity contribution in [2.45, 2.75) is 6.54 Å². The largest absolute Gasteiger partial charge is 0.398 e. The molecule has 0 aliphatic heterocycles. The van der Waals surface area contributed by atoms with Crippen LogP contribution in [0.25, 0.3) is 28.2 Å². The van der Waals surface area contributed by atoms with Gasteiger partial charge in [0.15, 0.2) is 0 Å². The highest BCUT2D eigenvalue weighted by atomic mass is 16.1. The molecule has 0 saturated carbocycles. The predicted octanol–water partition coefficient (Wildman–Crippen LogP) is 4.21. The molecule has 0 aliphatic rings. The summed E-state index contributed by atoms with van der Waals surface area (Å²) in [6.07, 6.45) is 4.83. The molecule has 0 aliphatic carbocycles. The number of hydrogen-bond donors (Lipinski definition) is 1. The summed E-state index contributed by atoms with van der Waals surface area (Å²) < 4.78 is 1.79. The molecule has 1 aromatic heterocycles. The minimum absolute atomic E-state index is 0.581. The summed E-state index contributed by atoms with van der Waals surface area (Å²) in [5, 5.41) is 8.26. The van der Waals surface area contributed by atoms with Gasteiger partial charge in [0.1, 0.15) is 11.8 Å². The highest BCUT2D eigenvalue weighted by Gasteiger charge is 2.04. The van der Waals surface area contributed by atoms with E-state index in [9.17, 15) is 4.79 Å². The second-order valence-corrected chi connectivity index (χ2v) is 6.25. The molecule has 5 heteroatoms. The van der Waals surface area contributed by atoms with Gasteiger partial charge < -0.3 is 5.73 Å². The van der Waals surface area contributed by atoms with Gasteiger partial charge in [-0.2, -0.15) is 0 Å². The van der Waals surface area contributed by atoms with Gasteiger partial charge in [-0.25, -0.2) is 4.68 Å². The van der Waals surface area contributed by atoms with Gasteiger partial charge in [-0.1, -0.05) is 59.8 Å². The van der Waals surface area contributed by atoms with Crippen LogP contribution < -0.4 is 5.73 Å². The van der Waals surface area contributed by atoms with Crippen LogP contribution in [-0.4, -0.2) is 21.3 Å². The van der Waals surface area contributed by atoms with E-state index in [1.807, 2.05) is 66.7 Å². The minimum Gasteiger partial charge on any atom is -0.398 e. The van der Waals surface area contributed by atoms with E-state index in [2.05, 4.69) is 10.3 Å². The number of nitrogens with zero attached hydrogens (tertiary/aromatic N) is 3. The lowest BCUT2D eigenvalue weighted by molar-refractivity contribution is 0.112. The van der Waals surface area contributed by atoms with Crippen LogP contribution in [0.3, 0.4) is 0 Å². The lowest BCUT2D eigenvalue weighted by atomic mass is 10.0. The summed E-state index contributed by atoms with van der Waals surface area (Å²) in [5.41, 5.74) is 12.3. The smallest absolute Gasteiger partial charge is 0.150 e. The van der Waals surface area contributed by atoms with Gasteiger partial charge in [0.2, 0.25) is 0 Å². The molecular weight excluding hydrogens is 336 g/mol. The lowest BCUT2D eigenvalue weighted by Gasteiger charge is -2.07. The summed E-state index contributed by atoms with van der Waals surface area (Å²) in [4.78, 5) is 10.9. The third kappa shape index (κ3) is 3.48. The molecular formula is C22H18N4O. The van der Waals surface area contributed by atoms with Gasteiger partial charge >= 0.3 is 0 Å². The Morgan fingerprint density at radius 3 is 2.56 bits per heavy atom. The molecule has 0 unspecified atom stereocenters. The summed E-state index contributed by atoms with van der Waals surface area (Å²) in [7, 11) is 0. The third-order valence-electron chi connectivity index (χ3n) is 4.42. The Labute approximate surface area is 156 Å². The van der Waals surface area contributed by atoms with E-state index in [0.29, 0.717) is 17.6 Å². The first-order valence-corrected chi connectivity index (χ1v) is 8.64. The van der Waals surface area contributed by atoms with Gasteiger partial charge in [0, 0.05) is 16.8 Å². The van der Waals surface area contributed by atoms with Crippen molar-refractivity contribution in [1.82, 2.24) is 15.0 Å². The van der Waals surface area contributed by atoms with Gasteiger partial charge in [0.25, 0.3) is 0 Å². The SMILES string of the molecule is Nc1cc(/C=C/Cn2nnc3cc(C=O)ccc32)ccc1-c1ccccc1. The third-order valence-corrected chi connectivity index (χ3v) is 4.42. The van der Waals surface area contributed by atoms with Crippen molar-refractivity contribution >= 4 is 29.1 Å². The van der Waals surface area contributed by atoms with E-state index in [0.717, 1.165) is 34.2 Å². The van der Waals surface area contributed by atoms with E-state index in [4.69, 9.17) is 5.73 Å². The molecule has 0 radical (unpaired) electrons. The predicted molar refractivity (Wildman–Crippen MR) is 108 cm³/mol. The van der Waals surface area contributed by atoms with E-state index in [-0.39, 0.29) is 0 Å². The van der Waals surface area contributed by atoms with E-state index in [1.165, 1.54) is 0 Å². The Morgan fingerprint density at radius 1 is 0.963 bits per heavy atom. The highest BCUT2D eigenvalue weighted by Crippen LogP contribution is 2.26. The van der Waals surface area contributed by atoms with Crippen molar-refractivity contribution in [2.24, 2.45) is 0 Å². The van der Waals surface area contributed by atoms with Gasteiger partial charge in [-0.3, -0.25) is 4.79 Å². The van der Waals surface area contributed by atoms with Crippen molar-refractivity contribution in [1.29, 1.82) is 0 Å². The number of rotatable bonds is 5. The van der Waals surface area contributed by atoms with Crippen LogP contribution in [0.1, 0.15) is 15.9 Å². The molecule has 0 spiro atoms. The van der Waals surface area contributed by atoms with Crippen LogP contribution in [0.4, 0.5) is 5.69 Å². The Bertz CT molecular complexity index is 1130. The fourth-order valence-electron chi connectivity index (χ4n) is 3.05. The number of carbonyl (C=O) groups is 1. The summed E-state index contributed by atoms with van der Waals surface area (Å²) in [6.45, 7) is 0.581. The summed E-state index contributed by atoms with van der Waals surface area (Å²) in [6, 6.07) is 21.5.